The molecule has 0 spiro atoms. The number of hydrogen-bond acceptors (Lipinski definition) is 3. The number of aromatic nitrogens is 1. The molecular formula is C25H22N2O3. The number of hydrogen-bond donors (Lipinski definition) is 1. The van der Waals surface area contributed by atoms with E-state index in [0.29, 0.717) is 29.9 Å². The van der Waals surface area contributed by atoms with Crippen molar-refractivity contribution >= 4 is 17.2 Å². The molecule has 5 heteroatoms. The number of amides is 1. The van der Waals surface area contributed by atoms with E-state index in [1.807, 2.05) is 90.3 Å². The number of carbonyl (C=O) groups excluding carboxylic acids is 2. The van der Waals surface area contributed by atoms with Gasteiger partial charge < -0.3 is 14.9 Å². The highest BCUT2D eigenvalue weighted by molar-refractivity contribution is 6.44. The molecule has 2 aromatic heterocycles. The Kier molecular flexibility index (Phi) is 5.35. The van der Waals surface area contributed by atoms with E-state index in [4.69, 9.17) is 10.5 Å². The molecule has 0 saturated carbocycles. The highest BCUT2D eigenvalue weighted by Gasteiger charge is 2.26. The number of primary amides is 1. The molecule has 0 atom stereocenters. The van der Waals surface area contributed by atoms with E-state index in [1.165, 1.54) is 0 Å². The fourth-order valence-electron chi connectivity index (χ4n) is 3.72. The first-order valence-corrected chi connectivity index (χ1v) is 9.73. The van der Waals surface area contributed by atoms with Crippen molar-refractivity contribution in [1.29, 1.82) is 0 Å². The maximum Gasteiger partial charge on any atom is 0.289 e. The highest BCUT2D eigenvalue weighted by atomic mass is 16.5. The van der Waals surface area contributed by atoms with Crippen LogP contribution in [-0.4, -0.2) is 16.1 Å². The summed E-state index contributed by atoms with van der Waals surface area (Å²) in [5.74, 6) is -1.15. The molecule has 2 heterocycles. The molecule has 0 fully saturated rings. The monoisotopic (exact) mass is 398 g/mol. The van der Waals surface area contributed by atoms with Gasteiger partial charge in [0, 0.05) is 18.3 Å². The topological polar surface area (TPSA) is 73.8 Å². The predicted molar refractivity (Wildman–Crippen MR) is 116 cm³/mol. The fourth-order valence-corrected chi connectivity index (χ4v) is 3.72. The molecule has 1 amide bonds. The molecule has 0 bridgehead atoms. The number of pyridine rings is 1. The number of fused-ring (bicyclic) bond motifs is 1. The zero-order valence-electron chi connectivity index (χ0n) is 16.7. The normalized spacial score (nSPS) is 10.8. The molecule has 2 aromatic carbocycles. The average molecular weight is 398 g/mol. The van der Waals surface area contributed by atoms with Gasteiger partial charge in [-0.25, -0.2) is 0 Å². The Bertz CT molecular complexity index is 1210. The molecular weight excluding hydrogens is 376 g/mol. The number of ether oxygens (including phenoxy) is 1. The van der Waals surface area contributed by atoms with E-state index in [9.17, 15) is 9.59 Å². The number of benzene rings is 2. The van der Waals surface area contributed by atoms with Crippen LogP contribution in [0.15, 0.2) is 79.0 Å². The Labute approximate surface area is 174 Å². The van der Waals surface area contributed by atoms with Crippen molar-refractivity contribution in [3.8, 4) is 5.75 Å². The molecule has 0 aliphatic carbocycles. The van der Waals surface area contributed by atoms with Crippen LogP contribution in [0.25, 0.3) is 5.52 Å². The largest absolute Gasteiger partial charge is 0.487 e. The summed E-state index contributed by atoms with van der Waals surface area (Å²) in [6.45, 7) is 2.20. The second-order valence-corrected chi connectivity index (χ2v) is 7.17. The molecule has 0 saturated heterocycles. The van der Waals surface area contributed by atoms with Crippen LogP contribution < -0.4 is 10.5 Å². The van der Waals surface area contributed by atoms with Crippen LogP contribution in [0.5, 0.6) is 5.75 Å². The van der Waals surface area contributed by atoms with Gasteiger partial charge in [-0.3, -0.25) is 9.59 Å². The standard InChI is InChI=1S/C25H22N2O3/c1-17-20(15-18-9-4-2-5-10-18)27-14-8-13-21(23(27)22(17)24(28)25(26)29)30-16-19-11-6-3-7-12-19/h2-14H,15-16H2,1H3,(H2,26,29). The van der Waals surface area contributed by atoms with Gasteiger partial charge in [-0.2, -0.15) is 0 Å². The third-order valence-electron chi connectivity index (χ3n) is 5.19. The highest BCUT2D eigenvalue weighted by Crippen LogP contribution is 2.32. The van der Waals surface area contributed by atoms with Crippen LogP contribution >= 0.6 is 0 Å². The maximum atomic E-state index is 12.7. The molecule has 4 rings (SSSR count). The summed E-state index contributed by atoms with van der Waals surface area (Å²) >= 11 is 0. The maximum absolute atomic E-state index is 12.7. The van der Waals surface area contributed by atoms with Crippen molar-refractivity contribution in [3.05, 3.63) is 107 Å². The van der Waals surface area contributed by atoms with Gasteiger partial charge >= 0.3 is 0 Å². The molecule has 2 N–H and O–H groups in total. The van der Waals surface area contributed by atoms with Crippen LogP contribution in [-0.2, 0) is 17.8 Å². The first-order chi connectivity index (χ1) is 14.6. The lowest BCUT2D eigenvalue weighted by molar-refractivity contribution is -0.114. The minimum Gasteiger partial charge on any atom is -0.487 e. The van der Waals surface area contributed by atoms with E-state index in [0.717, 1.165) is 22.4 Å². The molecule has 0 aliphatic heterocycles. The molecule has 5 nitrogen and oxygen atoms in total. The zero-order valence-corrected chi connectivity index (χ0v) is 16.7. The van der Waals surface area contributed by atoms with Crippen LogP contribution in [0.2, 0.25) is 0 Å². The fraction of sp³-hybridized carbons (Fsp3) is 0.120. The lowest BCUT2D eigenvalue weighted by Crippen LogP contribution is -2.23. The first-order valence-electron chi connectivity index (χ1n) is 9.73. The number of nitrogens with zero attached hydrogens (tertiary/aromatic N) is 1. The van der Waals surface area contributed by atoms with E-state index in [2.05, 4.69) is 0 Å². The molecule has 4 aromatic rings. The van der Waals surface area contributed by atoms with Crippen molar-refractivity contribution in [2.24, 2.45) is 5.73 Å². The Morgan fingerprint density at radius 1 is 0.900 bits per heavy atom. The number of rotatable bonds is 7. The predicted octanol–water partition coefficient (Wildman–Crippen LogP) is 4.09. The summed E-state index contributed by atoms with van der Waals surface area (Å²) in [7, 11) is 0. The van der Waals surface area contributed by atoms with Crippen molar-refractivity contribution in [2.75, 3.05) is 0 Å². The second kappa shape index (κ2) is 8.25. The van der Waals surface area contributed by atoms with Crippen molar-refractivity contribution in [1.82, 2.24) is 4.40 Å². The quantitative estimate of drug-likeness (QED) is 0.376. The molecule has 150 valence electrons. The van der Waals surface area contributed by atoms with E-state index in [-0.39, 0.29) is 0 Å². The van der Waals surface area contributed by atoms with Gasteiger partial charge in [-0.15, -0.1) is 0 Å². The third-order valence-corrected chi connectivity index (χ3v) is 5.19. The summed E-state index contributed by atoms with van der Waals surface area (Å²) < 4.78 is 8.00. The minimum absolute atomic E-state index is 0.303. The SMILES string of the molecule is Cc1c(C(=O)C(N)=O)c2c(OCc3ccccc3)cccn2c1Cc1ccccc1. The van der Waals surface area contributed by atoms with E-state index < -0.39 is 11.7 Å². The van der Waals surface area contributed by atoms with Gasteiger partial charge in [0.1, 0.15) is 12.4 Å². The number of nitrogens with two attached hydrogens (primary N) is 1. The number of Topliss-reactive ketones (excluding diaryl/α,β-unsaturated/α-hetero) is 1. The third kappa shape index (κ3) is 3.70. The Hall–Kier alpha value is -3.86. The Balaban J connectivity index is 1.84. The summed E-state index contributed by atoms with van der Waals surface area (Å²) in [5, 5.41) is 0. The van der Waals surface area contributed by atoms with Crippen LogP contribution in [0.1, 0.15) is 32.7 Å². The lowest BCUT2D eigenvalue weighted by Gasteiger charge is -2.10. The molecule has 0 aliphatic rings. The van der Waals surface area contributed by atoms with Crippen LogP contribution in [0.3, 0.4) is 0 Å². The van der Waals surface area contributed by atoms with Gasteiger partial charge in [0.05, 0.1) is 11.1 Å². The molecule has 30 heavy (non-hydrogen) atoms. The van der Waals surface area contributed by atoms with Gasteiger partial charge in [0.15, 0.2) is 0 Å². The first kappa shape index (κ1) is 19.5. The minimum atomic E-state index is -0.977. The molecule has 0 radical (unpaired) electrons. The summed E-state index contributed by atoms with van der Waals surface area (Å²) in [4.78, 5) is 24.5. The number of ketones is 1. The average Bonchev–Trinajstić information content (AvgIpc) is 3.05. The van der Waals surface area contributed by atoms with Crippen LogP contribution in [0.4, 0.5) is 0 Å². The van der Waals surface area contributed by atoms with Crippen LogP contribution in [0, 0.1) is 6.92 Å². The van der Waals surface area contributed by atoms with Crippen molar-refractivity contribution in [2.45, 2.75) is 20.0 Å². The van der Waals surface area contributed by atoms with Crippen molar-refractivity contribution < 1.29 is 14.3 Å². The van der Waals surface area contributed by atoms with Gasteiger partial charge in [-0.1, -0.05) is 60.7 Å². The second-order valence-electron chi connectivity index (χ2n) is 7.17. The summed E-state index contributed by atoms with van der Waals surface area (Å²) in [5.41, 5.74) is 10.0. The van der Waals surface area contributed by atoms with Crippen molar-refractivity contribution in [3.63, 3.8) is 0 Å². The number of carbonyl (C=O) groups is 2. The Morgan fingerprint density at radius 3 is 2.17 bits per heavy atom. The van der Waals surface area contributed by atoms with E-state index >= 15 is 0 Å². The van der Waals surface area contributed by atoms with Gasteiger partial charge in [-0.05, 0) is 35.7 Å². The molecule has 0 unspecified atom stereocenters. The van der Waals surface area contributed by atoms with Gasteiger partial charge in [0.25, 0.3) is 11.7 Å². The smallest absolute Gasteiger partial charge is 0.289 e. The summed E-state index contributed by atoms with van der Waals surface area (Å²) in [6.07, 6.45) is 2.50. The Morgan fingerprint density at radius 2 is 1.53 bits per heavy atom. The lowest BCUT2D eigenvalue weighted by atomic mass is 10.0. The zero-order chi connectivity index (χ0) is 21.1. The van der Waals surface area contributed by atoms with E-state index in [1.54, 1.807) is 0 Å². The van der Waals surface area contributed by atoms with Gasteiger partial charge in [0.2, 0.25) is 0 Å². The summed E-state index contributed by atoms with van der Waals surface area (Å²) in [6, 6.07) is 23.4.